The van der Waals surface area contributed by atoms with Gasteiger partial charge in [-0.05, 0) is 42.2 Å². The topological polar surface area (TPSA) is 107 Å². The minimum Gasteiger partial charge on any atom is -0.491 e. The zero-order chi connectivity index (χ0) is 25.8. The van der Waals surface area contributed by atoms with Gasteiger partial charge in [-0.15, -0.1) is 0 Å². The number of amides is 1. The third kappa shape index (κ3) is 5.22. The van der Waals surface area contributed by atoms with Crippen LogP contribution in [0.3, 0.4) is 0 Å². The summed E-state index contributed by atoms with van der Waals surface area (Å²) in [6, 6.07) is 12.4. The monoisotopic (exact) mass is 502 g/mol. The number of nitrogens with one attached hydrogen (secondary N) is 1. The second kappa shape index (κ2) is 11.1. The van der Waals surface area contributed by atoms with Crippen LogP contribution < -0.4 is 9.64 Å². The van der Waals surface area contributed by atoms with Crippen LogP contribution in [0.1, 0.15) is 38.7 Å². The van der Waals surface area contributed by atoms with Crippen LogP contribution in [0.4, 0.5) is 5.82 Å². The molecule has 5 rings (SSSR count). The molecular weight excluding hydrogens is 468 g/mol. The molecule has 1 fully saturated rings. The molecule has 1 saturated heterocycles. The van der Waals surface area contributed by atoms with Crippen molar-refractivity contribution in [2.24, 2.45) is 5.92 Å². The summed E-state index contributed by atoms with van der Waals surface area (Å²) in [5.41, 5.74) is 2.59. The summed E-state index contributed by atoms with van der Waals surface area (Å²) in [5.74, 6) is 1.75. The molecule has 2 aromatic heterocycles. The molecule has 9 nitrogen and oxygen atoms in total. The van der Waals surface area contributed by atoms with Gasteiger partial charge in [0.2, 0.25) is 5.91 Å². The number of benzene rings is 2. The Balaban J connectivity index is 1.35. The highest BCUT2D eigenvalue weighted by atomic mass is 16.5. The average Bonchev–Trinajstić information content (AvgIpc) is 3.60. The number of nitrogens with zero attached hydrogens (tertiary/aromatic N) is 5. The van der Waals surface area contributed by atoms with Crippen LogP contribution in [-0.2, 0) is 11.3 Å². The third-order valence-electron chi connectivity index (χ3n) is 7.37. The molecule has 0 saturated carbocycles. The van der Waals surface area contributed by atoms with E-state index in [4.69, 9.17) is 4.74 Å². The Morgan fingerprint density at radius 2 is 2.05 bits per heavy atom. The first-order valence-corrected chi connectivity index (χ1v) is 13.0. The number of rotatable bonds is 10. The zero-order valence-corrected chi connectivity index (χ0v) is 21.4. The highest BCUT2D eigenvalue weighted by molar-refractivity contribution is 5.91. The second-order valence-corrected chi connectivity index (χ2v) is 9.72. The van der Waals surface area contributed by atoms with Crippen molar-refractivity contribution in [3.05, 3.63) is 54.6 Å². The maximum atomic E-state index is 12.4. The third-order valence-corrected chi connectivity index (χ3v) is 7.37. The van der Waals surface area contributed by atoms with E-state index < -0.39 is 0 Å². The molecule has 0 spiro atoms. The van der Waals surface area contributed by atoms with Gasteiger partial charge in [0.15, 0.2) is 11.5 Å². The van der Waals surface area contributed by atoms with Gasteiger partial charge in [0, 0.05) is 38.6 Å². The van der Waals surface area contributed by atoms with Crippen LogP contribution in [0, 0.1) is 5.92 Å². The quantitative estimate of drug-likeness (QED) is 0.338. The summed E-state index contributed by atoms with van der Waals surface area (Å²) in [4.78, 5) is 32.8. The molecule has 1 amide bonds. The van der Waals surface area contributed by atoms with Crippen molar-refractivity contribution in [2.45, 2.75) is 45.7 Å². The van der Waals surface area contributed by atoms with E-state index in [0.717, 1.165) is 64.9 Å². The normalized spacial score (nSPS) is 16.4. The molecule has 194 valence electrons. The van der Waals surface area contributed by atoms with Gasteiger partial charge < -0.3 is 24.6 Å². The van der Waals surface area contributed by atoms with Crippen molar-refractivity contribution >= 4 is 33.7 Å². The van der Waals surface area contributed by atoms with Crippen molar-refractivity contribution in [3.63, 3.8) is 0 Å². The van der Waals surface area contributed by atoms with E-state index in [1.807, 2.05) is 30.0 Å². The lowest BCUT2D eigenvalue weighted by Crippen LogP contribution is -2.35. The van der Waals surface area contributed by atoms with Crippen LogP contribution in [0.2, 0.25) is 0 Å². The number of aromatic nitrogens is 4. The number of carbonyl (C=O) groups is 1. The van der Waals surface area contributed by atoms with E-state index in [1.165, 1.54) is 0 Å². The lowest BCUT2D eigenvalue weighted by molar-refractivity contribution is -0.130. The molecule has 37 heavy (non-hydrogen) atoms. The number of aromatic amines is 1. The summed E-state index contributed by atoms with van der Waals surface area (Å²) in [6.45, 7) is 6.18. The van der Waals surface area contributed by atoms with E-state index in [9.17, 15) is 9.90 Å². The first kappa shape index (κ1) is 25.0. The Labute approximate surface area is 216 Å². The van der Waals surface area contributed by atoms with Crippen LogP contribution in [-0.4, -0.2) is 68.2 Å². The molecule has 0 bridgehead atoms. The van der Waals surface area contributed by atoms with E-state index in [1.54, 1.807) is 19.6 Å². The van der Waals surface area contributed by atoms with Gasteiger partial charge in [0.25, 0.3) is 0 Å². The molecule has 4 aromatic rings. The van der Waals surface area contributed by atoms with Gasteiger partial charge in [0.1, 0.15) is 24.2 Å². The molecule has 1 aliphatic heterocycles. The number of fused-ring (bicyclic) bond motifs is 2. The molecule has 3 heterocycles. The highest BCUT2D eigenvalue weighted by Crippen LogP contribution is 2.32. The Morgan fingerprint density at radius 1 is 1.22 bits per heavy atom. The fourth-order valence-corrected chi connectivity index (χ4v) is 5.17. The highest BCUT2D eigenvalue weighted by Gasteiger charge is 2.29. The Kier molecular flexibility index (Phi) is 7.50. The smallest absolute Gasteiger partial charge is 0.219 e. The predicted octanol–water partition coefficient (Wildman–Crippen LogP) is 3.92. The summed E-state index contributed by atoms with van der Waals surface area (Å²) >= 11 is 0. The molecular formula is C28H34N6O3. The van der Waals surface area contributed by atoms with Crippen molar-refractivity contribution < 1.29 is 14.6 Å². The van der Waals surface area contributed by atoms with Gasteiger partial charge in [-0.2, -0.15) is 0 Å². The van der Waals surface area contributed by atoms with Gasteiger partial charge in [-0.1, -0.05) is 37.3 Å². The van der Waals surface area contributed by atoms with Gasteiger partial charge in [-0.3, -0.25) is 4.79 Å². The van der Waals surface area contributed by atoms with Gasteiger partial charge in [0.05, 0.1) is 12.4 Å². The molecule has 0 aliphatic carbocycles. The van der Waals surface area contributed by atoms with E-state index in [0.29, 0.717) is 19.7 Å². The van der Waals surface area contributed by atoms with Crippen LogP contribution >= 0.6 is 0 Å². The minimum absolute atomic E-state index is 0.00775. The predicted molar refractivity (Wildman–Crippen MR) is 143 cm³/mol. The standard InChI is InChI=1S/C28H34N6O3/c1-3-20(15-35)13-33(19(2)36)14-21-10-11-25(24-9-5-4-8-23(21)24)37-16-22-7-6-12-34(22)28-26-27(30-17-29-26)31-18-32-28/h4-5,8-11,17-18,20,22,35H,3,6-7,12-16H2,1-2H3,(H,29,30,31,32)/t20?,22-/m1/s1. The SMILES string of the molecule is CCC(CO)CN(Cc1ccc(OC[C@H]2CCCN2c2ncnc3[nH]cnc23)c2ccccc12)C(C)=O. The van der Waals surface area contributed by atoms with Crippen LogP contribution in [0.15, 0.2) is 49.1 Å². The van der Waals surface area contributed by atoms with Crippen molar-refractivity contribution in [3.8, 4) is 5.75 Å². The number of hydrogen-bond acceptors (Lipinski definition) is 7. The number of carbonyl (C=O) groups excluding carboxylic acids is 1. The number of ether oxygens (including phenoxy) is 1. The Morgan fingerprint density at radius 3 is 2.84 bits per heavy atom. The Hall–Kier alpha value is -3.72. The van der Waals surface area contributed by atoms with E-state index in [2.05, 4.69) is 43.0 Å². The second-order valence-electron chi connectivity index (χ2n) is 9.72. The molecule has 2 atom stereocenters. The molecule has 2 aromatic carbocycles. The number of aliphatic hydroxyl groups excluding tert-OH is 1. The largest absolute Gasteiger partial charge is 0.491 e. The first-order valence-electron chi connectivity index (χ1n) is 13.0. The van der Waals surface area contributed by atoms with Crippen molar-refractivity contribution in [1.82, 2.24) is 24.8 Å². The lowest BCUT2D eigenvalue weighted by Gasteiger charge is -2.27. The summed E-state index contributed by atoms with van der Waals surface area (Å²) in [5, 5.41) is 11.7. The Bertz CT molecular complexity index is 1370. The number of aliphatic hydroxyl groups is 1. The maximum absolute atomic E-state index is 12.4. The zero-order valence-electron chi connectivity index (χ0n) is 21.4. The number of hydrogen-bond donors (Lipinski definition) is 2. The van der Waals surface area contributed by atoms with Crippen LogP contribution in [0.5, 0.6) is 5.75 Å². The van der Waals surface area contributed by atoms with E-state index >= 15 is 0 Å². The van der Waals surface area contributed by atoms with Crippen LogP contribution in [0.25, 0.3) is 21.9 Å². The molecule has 9 heteroatoms. The van der Waals surface area contributed by atoms with Gasteiger partial charge in [-0.25, -0.2) is 15.0 Å². The molecule has 0 radical (unpaired) electrons. The van der Waals surface area contributed by atoms with Gasteiger partial charge >= 0.3 is 0 Å². The average molecular weight is 503 g/mol. The molecule has 2 N–H and O–H groups in total. The number of imidazole rings is 1. The lowest BCUT2D eigenvalue weighted by atomic mass is 10.0. The van der Waals surface area contributed by atoms with Crippen molar-refractivity contribution in [2.75, 3.05) is 31.2 Å². The molecule has 1 unspecified atom stereocenters. The van der Waals surface area contributed by atoms with E-state index in [-0.39, 0.29) is 24.5 Å². The fraction of sp³-hybridized carbons (Fsp3) is 0.429. The molecule has 1 aliphatic rings. The number of anilines is 1. The summed E-state index contributed by atoms with van der Waals surface area (Å²) < 4.78 is 6.43. The number of H-pyrrole nitrogens is 1. The summed E-state index contributed by atoms with van der Waals surface area (Å²) in [6.07, 6.45) is 6.14. The first-order chi connectivity index (χ1) is 18.1. The summed E-state index contributed by atoms with van der Waals surface area (Å²) in [7, 11) is 0. The maximum Gasteiger partial charge on any atom is 0.219 e. The van der Waals surface area contributed by atoms with Crippen molar-refractivity contribution in [1.29, 1.82) is 0 Å². The minimum atomic E-state index is 0.00775. The fourth-order valence-electron chi connectivity index (χ4n) is 5.17.